The van der Waals surface area contributed by atoms with E-state index in [0.29, 0.717) is 5.75 Å². The Hall–Kier alpha value is -0.580. The van der Waals surface area contributed by atoms with Crippen LogP contribution in [0.2, 0.25) is 0 Å². The fourth-order valence-electron chi connectivity index (χ4n) is 1.42. The van der Waals surface area contributed by atoms with Crippen molar-refractivity contribution in [3.63, 3.8) is 0 Å². The first-order chi connectivity index (χ1) is 7.79. The number of benzene rings is 1. The molecule has 0 amide bonds. The maximum atomic E-state index is 9.16. The molecular weight excluding hydrogens is 272 g/mol. The molecule has 2 rings (SSSR count). The molecule has 1 saturated carbocycles. The summed E-state index contributed by atoms with van der Waals surface area (Å²) in [6.07, 6.45) is 2.56. The zero-order valence-corrected chi connectivity index (χ0v) is 10.6. The lowest BCUT2D eigenvalue weighted by Gasteiger charge is -2.10. The Balaban J connectivity index is 1.82. The van der Waals surface area contributed by atoms with E-state index in [-0.39, 0.29) is 13.4 Å². The Labute approximate surface area is 104 Å². The number of aliphatic hydroxyl groups excluding tert-OH is 1. The average molecular weight is 287 g/mol. The minimum Gasteiger partial charge on any atom is -0.467 e. The van der Waals surface area contributed by atoms with E-state index < -0.39 is 0 Å². The van der Waals surface area contributed by atoms with Gasteiger partial charge in [-0.2, -0.15) is 0 Å². The lowest BCUT2D eigenvalue weighted by molar-refractivity contribution is 0.00890. The molecule has 16 heavy (non-hydrogen) atoms. The van der Waals surface area contributed by atoms with Gasteiger partial charge in [-0.3, -0.25) is 0 Å². The van der Waals surface area contributed by atoms with E-state index in [9.17, 15) is 0 Å². The molecule has 0 spiro atoms. The highest BCUT2D eigenvalue weighted by Gasteiger charge is 2.21. The van der Waals surface area contributed by atoms with Crippen LogP contribution in [0.15, 0.2) is 22.7 Å². The molecule has 1 aromatic carbocycles. The van der Waals surface area contributed by atoms with Crippen LogP contribution in [-0.4, -0.2) is 18.5 Å². The summed E-state index contributed by atoms with van der Waals surface area (Å²) < 4.78 is 11.8. The summed E-state index contributed by atoms with van der Waals surface area (Å²) in [5, 5.41) is 9.16. The van der Waals surface area contributed by atoms with Gasteiger partial charge in [0.15, 0.2) is 6.79 Å². The van der Waals surface area contributed by atoms with Gasteiger partial charge in [-0.05, 0) is 37.0 Å². The highest BCUT2D eigenvalue weighted by Crippen LogP contribution is 2.29. The fourth-order valence-corrected chi connectivity index (χ4v) is 1.83. The van der Waals surface area contributed by atoms with Gasteiger partial charge in [0, 0.05) is 10.0 Å². The topological polar surface area (TPSA) is 38.7 Å². The van der Waals surface area contributed by atoms with Crippen molar-refractivity contribution < 1.29 is 14.6 Å². The standard InChI is InChI=1S/C12H15BrO3/c13-11-3-4-12(10(5-11)6-14)16-8-15-7-9-1-2-9/h3-5,9,14H,1-2,6-8H2. The van der Waals surface area contributed by atoms with Crippen molar-refractivity contribution >= 4 is 15.9 Å². The molecule has 0 unspecified atom stereocenters. The molecule has 0 saturated heterocycles. The summed E-state index contributed by atoms with van der Waals surface area (Å²) in [5.41, 5.74) is 0.768. The smallest absolute Gasteiger partial charge is 0.189 e. The predicted octanol–water partition coefficient (Wildman–Crippen LogP) is 2.70. The minimum atomic E-state index is -0.0304. The molecule has 1 aliphatic rings. The third kappa shape index (κ3) is 3.47. The fraction of sp³-hybridized carbons (Fsp3) is 0.500. The van der Waals surface area contributed by atoms with Gasteiger partial charge >= 0.3 is 0 Å². The Kier molecular flexibility index (Phi) is 4.21. The molecule has 88 valence electrons. The van der Waals surface area contributed by atoms with Gasteiger partial charge in [0.1, 0.15) is 5.75 Å². The first-order valence-corrected chi connectivity index (χ1v) is 6.18. The molecule has 0 atom stereocenters. The molecule has 1 fully saturated rings. The quantitative estimate of drug-likeness (QED) is 0.646. The number of halogens is 1. The number of hydrogen-bond donors (Lipinski definition) is 1. The van der Waals surface area contributed by atoms with Crippen molar-refractivity contribution in [2.24, 2.45) is 5.92 Å². The minimum absolute atomic E-state index is 0.0304. The molecule has 1 aliphatic carbocycles. The van der Waals surface area contributed by atoms with Crippen molar-refractivity contribution in [1.82, 2.24) is 0 Å². The Morgan fingerprint density at radius 3 is 2.88 bits per heavy atom. The van der Waals surface area contributed by atoms with Gasteiger partial charge in [0.25, 0.3) is 0 Å². The molecule has 0 aromatic heterocycles. The van der Waals surface area contributed by atoms with Gasteiger partial charge in [-0.25, -0.2) is 0 Å². The van der Waals surface area contributed by atoms with Crippen LogP contribution in [0.3, 0.4) is 0 Å². The van der Waals surface area contributed by atoms with Crippen LogP contribution >= 0.6 is 15.9 Å². The molecule has 0 aliphatic heterocycles. The molecule has 0 heterocycles. The molecule has 4 heteroatoms. The highest BCUT2D eigenvalue weighted by atomic mass is 79.9. The zero-order chi connectivity index (χ0) is 11.4. The summed E-state index contributed by atoms with van der Waals surface area (Å²) in [7, 11) is 0. The molecule has 1 N–H and O–H groups in total. The van der Waals surface area contributed by atoms with Crippen molar-refractivity contribution in [1.29, 1.82) is 0 Å². The number of rotatable bonds is 6. The maximum absolute atomic E-state index is 9.16. The van der Waals surface area contributed by atoms with Gasteiger partial charge in [-0.1, -0.05) is 15.9 Å². The monoisotopic (exact) mass is 286 g/mol. The second-order valence-corrected chi connectivity index (χ2v) is 4.90. The van der Waals surface area contributed by atoms with E-state index in [4.69, 9.17) is 14.6 Å². The van der Waals surface area contributed by atoms with Gasteiger partial charge in [-0.15, -0.1) is 0 Å². The molecule has 1 aromatic rings. The Bertz CT molecular complexity index is 350. The first kappa shape index (κ1) is 11.9. The third-order valence-electron chi connectivity index (χ3n) is 2.54. The Morgan fingerprint density at radius 2 is 2.19 bits per heavy atom. The lowest BCUT2D eigenvalue weighted by atomic mass is 10.2. The molecule has 0 bridgehead atoms. The van der Waals surface area contributed by atoms with E-state index in [1.165, 1.54) is 12.8 Å². The van der Waals surface area contributed by atoms with Crippen LogP contribution in [0.4, 0.5) is 0 Å². The van der Waals surface area contributed by atoms with E-state index >= 15 is 0 Å². The summed E-state index contributed by atoms with van der Waals surface area (Å²) in [6, 6.07) is 5.56. The van der Waals surface area contributed by atoms with Crippen LogP contribution in [0, 0.1) is 5.92 Å². The van der Waals surface area contributed by atoms with Crippen LogP contribution in [0.1, 0.15) is 18.4 Å². The van der Waals surface area contributed by atoms with Crippen LogP contribution in [-0.2, 0) is 11.3 Å². The van der Waals surface area contributed by atoms with Crippen molar-refractivity contribution in [2.45, 2.75) is 19.4 Å². The number of hydrogen-bond acceptors (Lipinski definition) is 3. The second kappa shape index (κ2) is 5.66. The number of ether oxygens (including phenoxy) is 2. The largest absolute Gasteiger partial charge is 0.467 e. The van der Waals surface area contributed by atoms with Gasteiger partial charge in [0.2, 0.25) is 0 Å². The van der Waals surface area contributed by atoms with Crippen LogP contribution in [0.5, 0.6) is 5.75 Å². The lowest BCUT2D eigenvalue weighted by Crippen LogP contribution is -2.06. The van der Waals surface area contributed by atoms with Crippen LogP contribution < -0.4 is 4.74 Å². The van der Waals surface area contributed by atoms with Crippen molar-refractivity contribution in [3.05, 3.63) is 28.2 Å². The van der Waals surface area contributed by atoms with Crippen molar-refractivity contribution in [3.8, 4) is 5.75 Å². The predicted molar refractivity (Wildman–Crippen MR) is 64.2 cm³/mol. The second-order valence-electron chi connectivity index (χ2n) is 3.99. The maximum Gasteiger partial charge on any atom is 0.189 e. The van der Waals surface area contributed by atoms with E-state index in [2.05, 4.69) is 15.9 Å². The van der Waals surface area contributed by atoms with Gasteiger partial charge in [0.05, 0.1) is 13.2 Å². The Morgan fingerprint density at radius 1 is 1.38 bits per heavy atom. The van der Waals surface area contributed by atoms with E-state index in [0.717, 1.165) is 22.6 Å². The summed E-state index contributed by atoms with van der Waals surface area (Å²) in [6.45, 7) is 1.01. The number of aliphatic hydroxyl groups is 1. The normalized spacial score (nSPS) is 15.1. The third-order valence-corrected chi connectivity index (χ3v) is 3.03. The van der Waals surface area contributed by atoms with Crippen molar-refractivity contribution in [2.75, 3.05) is 13.4 Å². The van der Waals surface area contributed by atoms with E-state index in [1.807, 2.05) is 18.2 Å². The van der Waals surface area contributed by atoms with Crippen LogP contribution in [0.25, 0.3) is 0 Å². The summed E-state index contributed by atoms with van der Waals surface area (Å²) in [4.78, 5) is 0. The molecule has 3 nitrogen and oxygen atoms in total. The highest BCUT2D eigenvalue weighted by molar-refractivity contribution is 9.10. The SMILES string of the molecule is OCc1cc(Br)ccc1OCOCC1CC1. The average Bonchev–Trinajstić information content (AvgIpc) is 3.09. The van der Waals surface area contributed by atoms with Gasteiger partial charge < -0.3 is 14.6 Å². The summed E-state index contributed by atoms with van der Waals surface area (Å²) >= 11 is 3.35. The van der Waals surface area contributed by atoms with E-state index in [1.54, 1.807) is 0 Å². The first-order valence-electron chi connectivity index (χ1n) is 5.39. The summed E-state index contributed by atoms with van der Waals surface area (Å²) in [5.74, 6) is 1.42. The molecule has 0 radical (unpaired) electrons. The zero-order valence-electron chi connectivity index (χ0n) is 8.99. The molecular formula is C12H15BrO3.